The SMILES string of the molecule is CN(CCC(=O)O)C(=O)Cc1c(-c2ccc(Cl)cc2)nc2ccccn12. The number of carbonyl (C=O) groups excluding carboxylic acids is 1. The number of amides is 1. The van der Waals surface area contributed by atoms with E-state index in [-0.39, 0.29) is 25.3 Å². The maximum atomic E-state index is 12.6. The Balaban J connectivity index is 1.95. The highest BCUT2D eigenvalue weighted by Crippen LogP contribution is 2.26. The van der Waals surface area contributed by atoms with Crippen LogP contribution in [0.4, 0.5) is 0 Å². The van der Waals surface area contributed by atoms with Gasteiger partial charge in [0, 0.05) is 30.4 Å². The van der Waals surface area contributed by atoms with Gasteiger partial charge in [0.05, 0.1) is 24.2 Å². The first kappa shape index (κ1) is 17.9. The van der Waals surface area contributed by atoms with Crippen molar-refractivity contribution < 1.29 is 14.7 Å². The van der Waals surface area contributed by atoms with Crippen molar-refractivity contribution in [3.8, 4) is 11.3 Å². The number of halogens is 1. The molecule has 3 aromatic rings. The summed E-state index contributed by atoms with van der Waals surface area (Å²) in [6, 6.07) is 12.9. The zero-order valence-electron chi connectivity index (χ0n) is 14.2. The molecule has 0 bridgehead atoms. The van der Waals surface area contributed by atoms with Gasteiger partial charge in [0.2, 0.25) is 5.91 Å². The quantitative estimate of drug-likeness (QED) is 0.722. The van der Waals surface area contributed by atoms with E-state index in [1.54, 1.807) is 19.2 Å². The Kier molecular flexibility index (Phi) is 5.23. The van der Waals surface area contributed by atoms with E-state index in [0.29, 0.717) is 10.7 Å². The summed E-state index contributed by atoms with van der Waals surface area (Å²) < 4.78 is 1.88. The van der Waals surface area contributed by atoms with Crippen LogP contribution in [-0.2, 0) is 16.0 Å². The Morgan fingerprint density at radius 3 is 2.62 bits per heavy atom. The van der Waals surface area contributed by atoms with Crippen LogP contribution in [0.5, 0.6) is 0 Å². The smallest absolute Gasteiger partial charge is 0.305 e. The molecule has 0 atom stereocenters. The van der Waals surface area contributed by atoms with Crippen molar-refractivity contribution in [2.75, 3.05) is 13.6 Å². The molecule has 0 unspecified atom stereocenters. The maximum absolute atomic E-state index is 12.6. The number of carboxylic acids is 1. The molecule has 26 heavy (non-hydrogen) atoms. The number of nitrogens with zero attached hydrogens (tertiary/aromatic N) is 3. The summed E-state index contributed by atoms with van der Waals surface area (Å²) in [6.45, 7) is 0.168. The molecule has 1 aromatic carbocycles. The lowest BCUT2D eigenvalue weighted by molar-refractivity contribution is -0.138. The van der Waals surface area contributed by atoms with Gasteiger partial charge < -0.3 is 14.4 Å². The predicted molar refractivity (Wildman–Crippen MR) is 99.2 cm³/mol. The molecule has 2 aromatic heterocycles. The number of benzene rings is 1. The van der Waals surface area contributed by atoms with Gasteiger partial charge in [-0.05, 0) is 24.3 Å². The first-order chi connectivity index (χ1) is 12.5. The highest BCUT2D eigenvalue weighted by atomic mass is 35.5. The molecule has 1 N–H and O–H groups in total. The molecule has 0 saturated heterocycles. The molecular formula is C19H18ClN3O3. The topological polar surface area (TPSA) is 74.9 Å². The van der Waals surface area contributed by atoms with Crippen molar-refractivity contribution in [3.63, 3.8) is 0 Å². The second-order valence-corrected chi connectivity index (χ2v) is 6.42. The fraction of sp³-hybridized carbons (Fsp3) is 0.211. The minimum Gasteiger partial charge on any atom is -0.481 e. The third-order valence-electron chi connectivity index (χ3n) is 4.15. The summed E-state index contributed by atoms with van der Waals surface area (Å²) >= 11 is 5.97. The Bertz CT molecular complexity index is 950. The van der Waals surface area contributed by atoms with E-state index in [4.69, 9.17) is 16.7 Å². The third kappa shape index (κ3) is 3.86. The number of likely N-dealkylation sites (N-methyl/N-ethyl adjacent to an activating group) is 1. The number of carboxylic acid groups (broad SMARTS) is 1. The van der Waals surface area contributed by atoms with Gasteiger partial charge in [0.25, 0.3) is 0 Å². The van der Waals surface area contributed by atoms with Crippen LogP contribution in [0.15, 0.2) is 48.7 Å². The highest BCUT2D eigenvalue weighted by Gasteiger charge is 2.19. The number of hydrogen-bond donors (Lipinski definition) is 1. The normalized spacial score (nSPS) is 10.8. The molecule has 0 spiro atoms. The number of imidazole rings is 1. The van der Waals surface area contributed by atoms with Gasteiger partial charge in [-0.3, -0.25) is 9.59 Å². The number of aromatic nitrogens is 2. The zero-order valence-corrected chi connectivity index (χ0v) is 15.0. The minimum absolute atomic E-state index is 0.0839. The number of rotatable bonds is 6. The van der Waals surface area contributed by atoms with Gasteiger partial charge in [-0.15, -0.1) is 0 Å². The maximum Gasteiger partial charge on any atom is 0.305 e. The lowest BCUT2D eigenvalue weighted by atomic mass is 10.1. The number of pyridine rings is 1. The van der Waals surface area contributed by atoms with Crippen molar-refractivity contribution in [2.24, 2.45) is 0 Å². The third-order valence-corrected chi connectivity index (χ3v) is 4.40. The molecule has 134 valence electrons. The van der Waals surface area contributed by atoms with E-state index in [1.165, 1.54) is 4.90 Å². The van der Waals surface area contributed by atoms with Gasteiger partial charge in [0.1, 0.15) is 5.65 Å². The van der Waals surface area contributed by atoms with Crippen molar-refractivity contribution >= 4 is 29.1 Å². The van der Waals surface area contributed by atoms with Crippen LogP contribution < -0.4 is 0 Å². The van der Waals surface area contributed by atoms with E-state index in [1.807, 2.05) is 40.9 Å². The number of carbonyl (C=O) groups is 2. The second-order valence-electron chi connectivity index (χ2n) is 5.98. The predicted octanol–water partition coefficient (Wildman–Crippen LogP) is 3.13. The molecule has 0 saturated carbocycles. The van der Waals surface area contributed by atoms with Gasteiger partial charge >= 0.3 is 5.97 Å². The molecule has 1 amide bonds. The van der Waals surface area contributed by atoms with Crippen molar-refractivity contribution in [1.29, 1.82) is 0 Å². The summed E-state index contributed by atoms with van der Waals surface area (Å²) in [6.07, 6.45) is 1.90. The summed E-state index contributed by atoms with van der Waals surface area (Å²) in [5.74, 6) is -1.09. The molecule has 3 rings (SSSR count). The van der Waals surface area contributed by atoms with Crippen LogP contribution in [0.25, 0.3) is 16.9 Å². The average molecular weight is 372 g/mol. The molecular weight excluding hydrogens is 354 g/mol. The Morgan fingerprint density at radius 2 is 1.92 bits per heavy atom. The summed E-state index contributed by atoms with van der Waals surface area (Å²) in [5, 5.41) is 9.42. The second kappa shape index (κ2) is 7.58. The minimum atomic E-state index is -0.929. The number of hydrogen-bond acceptors (Lipinski definition) is 3. The molecule has 7 heteroatoms. The standard InChI is InChI=1S/C19H18ClN3O3/c1-22(11-9-18(25)26)17(24)12-15-19(13-5-7-14(20)8-6-13)21-16-4-2-3-10-23(15)16/h2-8,10H,9,11-12H2,1H3,(H,25,26). The van der Waals surface area contributed by atoms with Crippen LogP contribution in [0.1, 0.15) is 12.1 Å². The molecule has 0 aliphatic heterocycles. The van der Waals surface area contributed by atoms with E-state index >= 15 is 0 Å². The fourth-order valence-corrected chi connectivity index (χ4v) is 2.85. The van der Waals surface area contributed by atoms with E-state index < -0.39 is 5.97 Å². The highest BCUT2D eigenvalue weighted by molar-refractivity contribution is 6.30. The van der Waals surface area contributed by atoms with Crippen molar-refractivity contribution in [3.05, 3.63) is 59.4 Å². The van der Waals surface area contributed by atoms with Gasteiger partial charge in [0.15, 0.2) is 0 Å². The Labute approximate surface area is 155 Å². The lowest BCUT2D eigenvalue weighted by Crippen LogP contribution is -2.30. The first-order valence-corrected chi connectivity index (χ1v) is 8.51. The van der Waals surface area contributed by atoms with E-state index in [0.717, 1.165) is 16.9 Å². The molecule has 0 aliphatic rings. The zero-order chi connectivity index (χ0) is 18.7. The van der Waals surface area contributed by atoms with Crippen LogP contribution in [0, 0.1) is 0 Å². The largest absolute Gasteiger partial charge is 0.481 e. The molecule has 0 fully saturated rings. The Hall–Kier alpha value is -2.86. The molecule has 0 radical (unpaired) electrons. The molecule has 6 nitrogen and oxygen atoms in total. The van der Waals surface area contributed by atoms with Gasteiger partial charge in [-0.1, -0.05) is 29.8 Å². The number of fused-ring (bicyclic) bond motifs is 1. The van der Waals surface area contributed by atoms with Crippen molar-refractivity contribution in [2.45, 2.75) is 12.8 Å². The monoisotopic (exact) mass is 371 g/mol. The van der Waals surface area contributed by atoms with E-state index in [2.05, 4.69) is 4.98 Å². The summed E-state index contributed by atoms with van der Waals surface area (Å²) in [4.78, 5) is 29.4. The van der Waals surface area contributed by atoms with Crippen LogP contribution in [-0.4, -0.2) is 44.9 Å². The van der Waals surface area contributed by atoms with Gasteiger partial charge in [-0.25, -0.2) is 4.98 Å². The van der Waals surface area contributed by atoms with Gasteiger partial charge in [-0.2, -0.15) is 0 Å². The lowest BCUT2D eigenvalue weighted by Gasteiger charge is -2.16. The summed E-state index contributed by atoms with van der Waals surface area (Å²) in [5.41, 5.74) is 3.09. The summed E-state index contributed by atoms with van der Waals surface area (Å²) in [7, 11) is 1.61. The fourth-order valence-electron chi connectivity index (χ4n) is 2.72. The van der Waals surface area contributed by atoms with Crippen LogP contribution in [0.2, 0.25) is 5.02 Å². The number of aliphatic carboxylic acids is 1. The van der Waals surface area contributed by atoms with Crippen LogP contribution in [0.3, 0.4) is 0 Å². The molecule has 2 heterocycles. The average Bonchev–Trinajstić information content (AvgIpc) is 2.99. The Morgan fingerprint density at radius 1 is 1.19 bits per heavy atom. The first-order valence-electron chi connectivity index (χ1n) is 8.13. The van der Waals surface area contributed by atoms with E-state index in [9.17, 15) is 9.59 Å². The molecule has 0 aliphatic carbocycles. The van der Waals surface area contributed by atoms with Crippen molar-refractivity contribution in [1.82, 2.24) is 14.3 Å². The van der Waals surface area contributed by atoms with Crippen LogP contribution >= 0.6 is 11.6 Å².